The van der Waals surface area contributed by atoms with Gasteiger partial charge in [-0.15, -0.1) is 0 Å². The standard InChI is InChI=1S/C13H14IN3O/c1-2-9-5-3-4-6-10(9)7-15-12-11(14)13(18)17-8-16-12/h3-6,8H,2,7H2,1H3,(H2,15,16,17,18). The molecule has 0 spiro atoms. The van der Waals surface area contributed by atoms with Crippen LogP contribution in [-0.2, 0) is 13.0 Å². The summed E-state index contributed by atoms with van der Waals surface area (Å²) in [5.74, 6) is 0.630. The second kappa shape index (κ2) is 5.99. The fourth-order valence-corrected chi connectivity index (χ4v) is 2.25. The van der Waals surface area contributed by atoms with Gasteiger partial charge in [0.25, 0.3) is 5.56 Å². The Morgan fingerprint density at radius 3 is 2.78 bits per heavy atom. The van der Waals surface area contributed by atoms with E-state index in [1.54, 1.807) is 0 Å². The minimum absolute atomic E-state index is 0.114. The smallest absolute Gasteiger partial charge is 0.266 e. The van der Waals surface area contributed by atoms with Crippen LogP contribution in [0.25, 0.3) is 0 Å². The maximum atomic E-state index is 11.4. The van der Waals surface area contributed by atoms with Crippen LogP contribution >= 0.6 is 22.6 Å². The number of aromatic nitrogens is 2. The van der Waals surface area contributed by atoms with E-state index in [-0.39, 0.29) is 5.56 Å². The van der Waals surface area contributed by atoms with Gasteiger partial charge in [0.05, 0.1) is 6.33 Å². The molecule has 2 rings (SSSR count). The number of rotatable bonds is 4. The number of benzene rings is 1. The lowest BCUT2D eigenvalue weighted by Gasteiger charge is -2.10. The van der Waals surface area contributed by atoms with E-state index in [9.17, 15) is 4.79 Å². The molecule has 5 heteroatoms. The van der Waals surface area contributed by atoms with Crippen molar-refractivity contribution in [2.24, 2.45) is 0 Å². The van der Waals surface area contributed by atoms with Crippen molar-refractivity contribution < 1.29 is 0 Å². The molecule has 1 aromatic carbocycles. The topological polar surface area (TPSA) is 57.8 Å². The van der Waals surface area contributed by atoms with Crippen molar-refractivity contribution in [2.45, 2.75) is 19.9 Å². The van der Waals surface area contributed by atoms with Crippen molar-refractivity contribution in [3.8, 4) is 0 Å². The summed E-state index contributed by atoms with van der Waals surface area (Å²) < 4.78 is 0.587. The number of nitrogens with one attached hydrogen (secondary N) is 2. The van der Waals surface area contributed by atoms with Crippen LogP contribution in [0.4, 0.5) is 5.82 Å². The van der Waals surface area contributed by atoms with E-state index < -0.39 is 0 Å². The van der Waals surface area contributed by atoms with Crippen molar-refractivity contribution in [3.05, 3.63) is 55.6 Å². The Morgan fingerprint density at radius 1 is 1.33 bits per heavy atom. The summed E-state index contributed by atoms with van der Waals surface area (Å²) in [5, 5.41) is 3.21. The van der Waals surface area contributed by atoms with Crippen LogP contribution in [0.5, 0.6) is 0 Å². The minimum atomic E-state index is -0.114. The number of anilines is 1. The summed E-state index contributed by atoms with van der Waals surface area (Å²) in [5.41, 5.74) is 2.43. The minimum Gasteiger partial charge on any atom is -0.365 e. The number of hydrogen-bond donors (Lipinski definition) is 2. The van der Waals surface area contributed by atoms with Crippen LogP contribution in [0, 0.1) is 3.57 Å². The van der Waals surface area contributed by atoms with Gasteiger partial charge in [-0.2, -0.15) is 0 Å². The molecule has 4 nitrogen and oxygen atoms in total. The predicted octanol–water partition coefficient (Wildman–Crippen LogP) is 2.55. The van der Waals surface area contributed by atoms with Crippen molar-refractivity contribution in [1.29, 1.82) is 0 Å². The molecule has 18 heavy (non-hydrogen) atoms. The molecule has 0 amide bonds. The maximum absolute atomic E-state index is 11.4. The van der Waals surface area contributed by atoms with Crippen molar-refractivity contribution in [1.82, 2.24) is 9.97 Å². The Kier molecular flexibility index (Phi) is 4.35. The van der Waals surface area contributed by atoms with E-state index in [1.807, 2.05) is 34.7 Å². The number of aryl methyl sites for hydroxylation is 1. The molecule has 2 N–H and O–H groups in total. The molecule has 0 bridgehead atoms. The molecule has 0 radical (unpaired) electrons. The molecule has 94 valence electrons. The SMILES string of the molecule is CCc1ccccc1CNc1nc[nH]c(=O)c1I. The second-order valence-electron chi connectivity index (χ2n) is 3.87. The van der Waals surface area contributed by atoms with Gasteiger partial charge in [-0.25, -0.2) is 4.98 Å². The van der Waals surface area contributed by atoms with Gasteiger partial charge < -0.3 is 10.3 Å². The number of halogens is 1. The molecule has 0 unspecified atom stereocenters. The second-order valence-corrected chi connectivity index (χ2v) is 4.95. The number of H-pyrrole nitrogens is 1. The normalized spacial score (nSPS) is 10.3. The van der Waals surface area contributed by atoms with E-state index in [1.165, 1.54) is 17.5 Å². The Balaban J connectivity index is 2.16. The van der Waals surface area contributed by atoms with Crippen LogP contribution in [0.1, 0.15) is 18.1 Å². The Morgan fingerprint density at radius 2 is 2.06 bits per heavy atom. The van der Waals surface area contributed by atoms with E-state index in [0.29, 0.717) is 15.9 Å². The first-order valence-corrected chi connectivity index (χ1v) is 6.84. The monoisotopic (exact) mass is 355 g/mol. The lowest BCUT2D eigenvalue weighted by Crippen LogP contribution is -2.15. The number of hydrogen-bond acceptors (Lipinski definition) is 3. The van der Waals surface area contributed by atoms with Crippen LogP contribution in [0.3, 0.4) is 0 Å². The fraction of sp³-hybridized carbons (Fsp3) is 0.231. The zero-order valence-electron chi connectivity index (χ0n) is 10.0. The highest BCUT2D eigenvalue weighted by molar-refractivity contribution is 14.1. The highest BCUT2D eigenvalue weighted by atomic mass is 127. The third-order valence-electron chi connectivity index (χ3n) is 2.74. The van der Waals surface area contributed by atoms with Gasteiger partial charge in [0.1, 0.15) is 9.39 Å². The Bertz CT molecular complexity index is 595. The molecular formula is C13H14IN3O. The summed E-state index contributed by atoms with van der Waals surface area (Å²) in [6, 6.07) is 8.27. The molecule has 2 aromatic rings. The van der Waals surface area contributed by atoms with Crippen LogP contribution in [-0.4, -0.2) is 9.97 Å². The lowest BCUT2D eigenvalue weighted by atomic mass is 10.1. The lowest BCUT2D eigenvalue weighted by molar-refractivity contribution is 1.01. The third-order valence-corrected chi connectivity index (χ3v) is 3.74. The summed E-state index contributed by atoms with van der Waals surface area (Å²) in [6.07, 6.45) is 2.41. The molecule has 0 aliphatic rings. The van der Waals surface area contributed by atoms with E-state index in [2.05, 4.69) is 34.3 Å². The largest absolute Gasteiger partial charge is 0.365 e. The highest BCUT2D eigenvalue weighted by Crippen LogP contribution is 2.14. The molecular weight excluding hydrogens is 341 g/mol. The Labute approximate surface area is 119 Å². The Hall–Kier alpha value is -1.37. The molecule has 0 fully saturated rings. The molecule has 0 aliphatic carbocycles. The fourth-order valence-electron chi connectivity index (χ4n) is 1.76. The number of aromatic amines is 1. The third kappa shape index (κ3) is 2.90. The first-order chi connectivity index (χ1) is 8.72. The van der Waals surface area contributed by atoms with E-state index in [4.69, 9.17) is 0 Å². The zero-order chi connectivity index (χ0) is 13.0. The van der Waals surface area contributed by atoms with Crippen LogP contribution in [0.15, 0.2) is 35.4 Å². The summed E-state index contributed by atoms with van der Waals surface area (Å²) in [4.78, 5) is 18.1. The average Bonchev–Trinajstić information content (AvgIpc) is 2.41. The first kappa shape index (κ1) is 13.1. The molecule has 0 atom stereocenters. The highest BCUT2D eigenvalue weighted by Gasteiger charge is 2.05. The van der Waals surface area contributed by atoms with Crippen molar-refractivity contribution >= 4 is 28.4 Å². The van der Waals surface area contributed by atoms with Gasteiger partial charge >= 0.3 is 0 Å². The maximum Gasteiger partial charge on any atom is 0.266 e. The van der Waals surface area contributed by atoms with Gasteiger partial charge in [0.2, 0.25) is 0 Å². The van der Waals surface area contributed by atoms with Gasteiger partial charge in [0.15, 0.2) is 0 Å². The van der Waals surface area contributed by atoms with Gasteiger partial charge in [-0.3, -0.25) is 4.79 Å². The molecule has 0 saturated heterocycles. The quantitative estimate of drug-likeness (QED) is 0.829. The molecule has 1 heterocycles. The van der Waals surface area contributed by atoms with Gasteiger partial charge in [-0.05, 0) is 40.1 Å². The number of nitrogens with zero attached hydrogens (tertiary/aromatic N) is 1. The van der Waals surface area contributed by atoms with Crippen molar-refractivity contribution in [2.75, 3.05) is 5.32 Å². The summed E-state index contributed by atoms with van der Waals surface area (Å²) >= 11 is 2.00. The molecule has 0 aliphatic heterocycles. The van der Waals surface area contributed by atoms with Crippen molar-refractivity contribution in [3.63, 3.8) is 0 Å². The first-order valence-electron chi connectivity index (χ1n) is 5.76. The zero-order valence-corrected chi connectivity index (χ0v) is 12.2. The van der Waals surface area contributed by atoms with E-state index in [0.717, 1.165) is 6.42 Å². The van der Waals surface area contributed by atoms with Gasteiger partial charge in [-0.1, -0.05) is 31.2 Å². The predicted molar refractivity (Wildman–Crippen MR) is 80.7 cm³/mol. The van der Waals surface area contributed by atoms with Crippen LogP contribution < -0.4 is 10.9 Å². The summed E-state index contributed by atoms with van der Waals surface area (Å²) in [7, 11) is 0. The summed E-state index contributed by atoms with van der Waals surface area (Å²) in [6.45, 7) is 2.81. The average molecular weight is 355 g/mol. The molecule has 1 aromatic heterocycles. The van der Waals surface area contributed by atoms with Gasteiger partial charge in [0, 0.05) is 6.54 Å². The van der Waals surface area contributed by atoms with Crippen LogP contribution in [0.2, 0.25) is 0 Å². The van der Waals surface area contributed by atoms with E-state index >= 15 is 0 Å². The molecule has 0 saturated carbocycles.